The van der Waals surface area contributed by atoms with Crippen LogP contribution in [0.1, 0.15) is 19.8 Å². The average Bonchev–Trinajstić information content (AvgIpc) is 2.47. The van der Waals surface area contributed by atoms with E-state index in [1.54, 1.807) is 11.8 Å². The fourth-order valence-corrected chi connectivity index (χ4v) is 2.61. The van der Waals surface area contributed by atoms with Gasteiger partial charge in [-0.2, -0.15) is 0 Å². The number of nitrogens with zero attached hydrogens (tertiary/aromatic N) is 1. The molecule has 0 saturated carbocycles. The minimum atomic E-state index is -0.674. The number of carbonyl (C=O) groups excluding carboxylic acids is 2. The number of rotatable bonds is 4. The van der Waals surface area contributed by atoms with Gasteiger partial charge in [0.15, 0.2) is 0 Å². The maximum Gasteiger partial charge on any atom is 0.312 e. The number of para-hydroxylation sites is 1. The summed E-state index contributed by atoms with van der Waals surface area (Å²) in [7, 11) is 0. The zero-order valence-electron chi connectivity index (χ0n) is 12.2. The van der Waals surface area contributed by atoms with Crippen LogP contribution >= 0.6 is 0 Å². The molecule has 3 amide bonds. The van der Waals surface area contributed by atoms with Crippen LogP contribution in [0.25, 0.3) is 0 Å². The van der Waals surface area contributed by atoms with Gasteiger partial charge in [-0.25, -0.2) is 4.79 Å². The van der Waals surface area contributed by atoms with Gasteiger partial charge in [-0.3, -0.25) is 4.79 Å². The van der Waals surface area contributed by atoms with Crippen LogP contribution < -0.4 is 16.4 Å². The number of amides is 3. The van der Waals surface area contributed by atoms with Crippen LogP contribution in [-0.2, 0) is 4.79 Å². The van der Waals surface area contributed by atoms with Gasteiger partial charge in [0.25, 0.3) is 0 Å². The van der Waals surface area contributed by atoms with Crippen LogP contribution in [0.15, 0.2) is 30.3 Å². The third-order valence-electron chi connectivity index (χ3n) is 3.61. The second kappa shape index (κ2) is 6.97. The van der Waals surface area contributed by atoms with Gasteiger partial charge >= 0.3 is 6.03 Å². The third kappa shape index (κ3) is 4.37. The largest absolute Gasteiger partial charge is 0.381 e. The topological polar surface area (TPSA) is 87.5 Å². The van der Waals surface area contributed by atoms with Crippen molar-refractivity contribution >= 4 is 17.6 Å². The molecule has 4 N–H and O–H groups in total. The van der Waals surface area contributed by atoms with E-state index in [1.807, 2.05) is 30.3 Å². The Labute approximate surface area is 124 Å². The monoisotopic (exact) mass is 290 g/mol. The number of urea groups is 1. The normalized spacial score (nSPS) is 19.7. The summed E-state index contributed by atoms with van der Waals surface area (Å²) in [5.41, 5.74) is 6.11. The van der Waals surface area contributed by atoms with Gasteiger partial charge < -0.3 is 21.3 Å². The van der Waals surface area contributed by atoms with Crippen LogP contribution in [-0.4, -0.2) is 42.0 Å². The second-order valence-electron chi connectivity index (χ2n) is 5.36. The third-order valence-corrected chi connectivity index (χ3v) is 3.61. The highest BCUT2D eigenvalue weighted by molar-refractivity contribution is 5.86. The Morgan fingerprint density at radius 2 is 2.05 bits per heavy atom. The van der Waals surface area contributed by atoms with E-state index in [1.165, 1.54) is 0 Å². The van der Waals surface area contributed by atoms with Gasteiger partial charge in [0.1, 0.15) is 6.04 Å². The number of anilines is 1. The zero-order chi connectivity index (χ0) is 15.2. The van der Waals surface area contributed by atoms with Crippen LogP contribution in [0, 0.1) is 0 Å². The summed E-state index contributed by atoms with van der Waals surface area (Å²) in [5, 5.41) is 5.87. The molecule has 2 atom stereocenters. The molecule has 1 aromatic rings. The predicted octanol–water partition coefficient (Wildman–Crippen LogP) is 1.15. The lowest BCUT2D eigenvalue weighted by Crippen LogP contribution is -2.53. The second-order valence-corrected chi connectivity index (χ2v) is 5.36. The molecule has 2 rings (SSSR count). The number of likely N-dealkylation sites (tertiary alicyclic amines) is 1. The molecule has 0 bridgehead atoms. The highest BCUT2D eigenvalue weighted by Crippen LogP contribution is 2.16. The standard InChI is InChI=1S/C15H22N4O2/c1-11(17-15(16)21)14(20)19-9-5-8-13(10-19)18-12-6-3-2-4-7-12/h2-4,6-7,11,13,18H,5,8-10H2,1H3,(H3,16,17,21)/t11-,13?/m0/s1. The molecule has 1 aliphatic heterocycles. The Balaban J connectivity index is 1.91. The average molecular weight is 290 g/mol. The van der Waals surface area contributed by atoms with E-state index in [0.29, 0.717) is 6.54 Å². The number of hydrogen-bond acceptors (Lipinski definition) is 3. The molecule has 6 heteroatoms. The van der Waals surface area contributed by atoms with Crippen LogP contribution in [0.2, 0.25) is 0 Å². The molecule has 1 aromatic carbocycles. The Morgan fingerprint density at radius 3 is 2.71 bits per heavy atom. The molecular formula is C15H22N4O2. The van der Waals surface area contributed by atoms with Crippen LogP contribution in [0.5, 0.6) is 0 Å². The Morgan fingerprint density at radius 1 is 1.33 bits per heavy atom. The van der Waals surface area contributed by atoms with E-state index in [4.69, 9.17) is 5.73 Å². The minimum absolute atomic E-state index is 0.0895. The number of hydrogen-bond donors (Lipinski definition) is 3. The molecule has 6 nitrogen and oxygen atoms in total. The summed E-state index contributed by atoms with van der Waals surface area (Å²) in [6, 6.07) is 8.92. The molecule has 0 radical (unpaired) electrons. The lowest BCUT2D eigenvalue weighted by atomic mass is 10.0. The van der Waals surface area contributed by atoms with Gasteiger partial charge in [0, 0.05) is 24.8 Å². The van der Waals surface area contributed by atoms with Crippen molar-refractivity contribution in [2.75, 3.05) is 18.4 Å². The fourth-order valence-electron chi connectivity index (χ4n) is 2.61. The Hall–Kier alpha value is -2.24. The molecule has 21 heavy (non-hydrogen) atoms. The summed E-state index contributed by atoms with van der Waals surface area (Å²) in [6.07, 6.45) is 1.97. The van der Waals surface area contributed by atoms with Crippen molar-refractivity contribution in [1.82, 2.24) is 10.2 Å². The summed E-state index contributed by atoms with van der Waals surface area (Å²) >= 11 is 0. The van der Waals surface area contributed by atoms with E-state index >= 15 is 0 Å². The maximum absolute atomic E-state index is 12.3. The molecule has 0 spiro atoms. The quantitative estimate of drug-likeness (QED) is 0.777. The van der Waals surface area contributed by atoms with E-state index in [0.717, 1.165) is 25.1 Å². The number of carbonyl (C=O) groups is 2. The van der Waals surface area contributed by atoms with Crippen molar-refractivity contribution in [2.45, 2.75) is 31.8 Å². The number of nitrogens with one attached hydrogen (secondary N) is 2. The smallest absolute Gasteiger partial charge is 0.312 e. The lowest BCUT2D eigenvalue weighted by molar-refractivity contribution is -0.133. The summed E-state index contributed by atoms with van der Waals surface area (Å²) in [4.78, 5) is 24.9. The predicted molar refractivity (Wildman–Crippen MR) is 81.8 cm³/mol. The summed E-state index contributed by atoms with van der Waals surface area (Å²) in [6.45, 7) is 3.01. The maximum atomic E-state index is 12.3. The van der Waals surface area contributed by atoms with Crippen LogP contribution in [0.3, 0.4) is 0 Å². The van der Waals surface area contributed by atoms with Gasteiger partial charge in [-0.05, 0) is 31.9 Å². The summed E-state index contributed by atoms with van der Waals surface area (Å²) in [5.74, 6) is -0.0895. The molecule has 114 valence electrons. The summed E-state index contributed by atoms with van der Waals surface area (Å²) < 4.78 is 0. The van der Waals surface area contributed by atoms with Crippen molar-refractivity contribution < 1.29 is 9.59 Å². The minimum Gasteiger partial charge on any atom is -0.381 e. The first-order valence-corrected chi connectivity index (χ1v) is 7.22. The molecule has 1 unspecified atom stereocenters. The molecule has 0 aromatic heterocycles. The van der Waals surface area contributed by atoms with Crippen molar-refractivity contribution in [3.63, 3.8) is 0 Å². The highest BCUT2D eigenvalue weighted by atomic mass is 16.2. The number of primary amides is 1. The fraction of sp³-hybridized carbons (Fsp3) is 0.467. The highest BCUT2D eigenvalue weighted by Gasteiger charge is 2.27. The molecule has 1 heterocycles. The van der Waals surface area contributed by atoms with Gasteiger partial charge in [-0.15, -0.1) is 0 Å². The van der Waals surface area contributed by atoms with E-state index < -0.39 is 12.1 Å². The number of piperidine rings is 1. The number of benzene rings is 1. The number of nitrogens with two attached hydrogens (primary N) is 1. The van der Waals surface area contributed by atoms with Gasteiger partial charge in [0.05, 0.1) is 0 Å². The van der Waals surface area contributed by atoms with Gasteiger partial charge in [0.2, 0.25) is 5.91 Å². The van der Waals surface area contributed by atoms with E-state index in [9.17, 15) is 9.59 Å². The van der Waals surface area contributed by atoms with Crippen molar-refractivity contribution in [3.8, 4) is 0 Å². The van der Waals surface area contributed by atoms with E-state index in [2.05, 4.69) is 10.6 Å². The van der Waals surface area contributed by atoms with Crippen LogP contribution in [0.4, 0.5) is 10.5 Å². The van der Waals surface area contributed by atoms with Gasteiger partial charge in [-0.1, -0.05) is 18.2 Å². The molecule has 1 saturated heterocycles. The Bertz CT molecular complexity index is 492. The van der Waals surface area contributed by atoms with Crippen molar-refractivity contribution in [2.24, 2.45) is 5.73 Å². The first kappa shape index (κ1) is 15.2. The van der Waals surface area contributed by atoms with Crippen molar-refractivity contribution in [3.05, 3.63) is 30.3 Å². The SMILES string of the molecule is C[C@H](NC(N)=O)C(=O)N1CCCC(Nc2ccccc2)C1. The molecule has 1 aliphatic rings. The lowest BCUT2D eigenvalue weighted by Gasteiger charge is -2.35. The zero-order valence-corrected chi connectivity index (χ0v) is 12.2. The first-order chi connectivity index (χ1) is 10.1. The van der Waals surface area contributed by atoms with Crippen molar-refractivity contribution in [1.29, 1.82) is 0 Å². The molecular weight excluding hydrogens is 268 g/mol. The molecule has 1 fully saturated rings. The van der Waals surface area contributed by atoms with E-state index in [-0.39, 0.29) is 11.9 Å². The first-order valence-electron chi connectivity index (χ1n) is 7.22. The molecule has 0 aliphatic carbocycles. The Kier molecular flexibility index (Phi) is 5.03.